The van der Waals surface area contributed by atoms with Crippen LogP contribution >= 0.6 is 12.2 Å². The highest BCUT2D eigenvalue weighted by molar-refractivity contribution is 7.80. The van der Waals surface area contributed by atoms with Crippen LogP contribution in [0.2, 0.25) is 0 Å². The van der Waals surface area contributed by atoms with Crippen LogP contribution in [0.5, 0.6) is 0 Å². The van der Waals surface area contributed by atoms with Crippen molar-refractivity contribution in [1.29, 1.82) is 0 Å². The summed E-state index contributed by atoms with van der Waals surface area (Å²) in [5.74, 6) is 0. The van der Waals surface area contributed by atoms with E-state index in [1.165, 1.54) is 23.1 Å². The van der Waals surface area contributed by atoms with Gasteiger partial charge in [0.05, 0.1) is 0 Å². The molecule has 0 radical (unpaired) electrons. The number of allylic oxidation sites excluding steroid dienone is 1. The fraction of sp³-hybridized carbons (Fsp3) is 0.308. The lowest BCUT2D eigenvalue weighted by molar-refractivity contribution is 0.846. The van der Waals surface area contributed by atoms with Crippen LogP contribution in [0.3, 0.4) is 0 Å². The Morgan fingerprint density at radius 2 is 2.20 bits per heavy atom. The fourth-order valence-corrected chi connectivity index (χ4v) is 2.20. The number of benzene rings is 1. The molecule has 0 aliphatic heterocycles. The van der Waals surface area contributed by atoms with Gasteiger partial charge in [-0.1, -0.05) is 24.4 Å². The third-order valence-corrected chi connectivity index (χ3v) is 3.12. The van der Waals surface area contributed by atoms with E-state index >= 15 is 0 Å². The van der Waals surface area contributed by atoms with Crippen molar-refractivity contribution in [1.82, 2.24) is 0 Å². The lowest BCUT2D eigenvalue weighted by atomic mass is 9.96. The fourth-order valence-electron chi connectivity index (χ4n) is 2.08. The molecule has 0 heterocycles. The first-order valence-corrected chi connectivity index (χ1v) is 5.69. The minimum Gasteiger partial charge on any atom is -0.389 e. The summed E-state index contributed by atoms with van der Waals surface area (Å²) in [5, 5.41) is 0. The van der Waals surface area contributed by atoms with E-state index in [0.717, 1.165) is 18.4 Å². The Morgan fingerprint density at radius 3 is 2.93 bits per heavy atom. The van der Waals surface area contributed by atoms with Crippen LogP contribution in [0.25, 0.3) is 6.08 Å². The smallest absolute Gasteiger partial charge is 0.104 e. The quantitative estimate of drug-likeness (QED) is 0.732. The molecular weight excluding hydrogens is 202 g/mol. The average molecular weight is 217 g/mol. The molecule has 1 aliphatic rings. The summed E-state index contributed by atoms with van der Waals surface area (Å²) >= 11 is 5.01. The van der Waals surface area contributed by atoms with E-state index in [1.807, 2.05) is 0 Å². The van der Waals surface area contributed by atoms with Crippen LogP contribution in [0.15, 0.2) is 18.2 Å². The summed E-state index contributed by atoms with van der Waals surface area (Å²) in [5.41, 5.74) is 10.7. The number of rotatable bonds is 1. The van der Waals surface area contributed by atoms with Crippen molar-refractivity contribution in [3.63, 3.8) is 0 Å². The SMILES string of the molecule is Cc1cc(C(N)=S)cc2c1CCCC=C2. The molecule has 15 heavy (non-hydrogen) atoms. The van der Waals surface area contributed by atoms with E-state index in [-0.39, 0.29) is 0 Å². The number of hydrogen-bond donors (Lipinski definition) is 1. The first-order valence-electron chi connectivity index (χ1n) is 5.28. The highest BCUT2D eigenvalue weighted by Gasteiger charge is 2.09. The molecule has 2 rings (SSSR count). The number of hydrogen-bond acceptors (Lipinski definition) is 1. The van der Waals surface area contributed by atoms with Crippen molar-refractivity contribution in [3.05, 3.63) is 40.5 Å². The van der Waals surface area contributed by atoms with Gasteiger partial charge in [-0.05, 0) is 55.0 Å². The molecule has 1 aromatic rings. The van der Waals surface area contributed by atoms with Gasteiger partial charge in [0.1, 0.15) is 4.99 Å². The Morgan fingerprint density at radius 1 is 1.40 bits per heavy atom. The first-order chi connectivity index (χ1) is 7.18. The largest absolute Gasteiger partial charge is 0.389 e. The van der Waals surface area contributed by atoms with Gasteiger partial charge in [0.15, 0.2) is 0 Å². The van der Waals surface area contributed by atoms with E-state index in [9.17, 15) is 0 Å². The maximum atomic E-state index is 5.66. The molecule has 0 unspecified atom stereocenters. The minimum atomic E-state index is 0.485. The van der Waals surface area contributed by atoms with E-state index in [1.54, 1.807) is 0 Å². The standard InChI is InChI=1S/C13H15NS/c1-9-7-11(13(14)15)8-10-5-3-2-4-6-12(9)10/h3,5,7-8H,2,4,6H2,1H3,(H2,14,15). The summed E-state index contributed by atoms with van der Waals surface area (Å²) < 4.78 is 0. The van der Waals surface area contributed by atoms with E-state index in [4.69, 9.17) is 18.0 Å². The van der Waals surface area contributed by atoms with Gasteiger partial charge in [0.25, 0.3) is 0 Å². The third kappa shape index (κ3) is 2.10. The normalized spacial score (nSPS) is 14.5. The summed E-state index contributed by atoms with van der Waals surface area (Å²) in [6.07, 6.45) is 7.98. The maximum Gasteiger partial charge on any atom is 0.104 e. The predicted octanol–water partition coefficient (Wildman–Crippen LogP) is 2.98. The van der Waals surface area contributed by atoms with E-state index in [2.05, 4.69) is 31.2 Å². The van der Waals surface area contributed by atoms with Gasteiger partial charge in [0.2, 0.25) is 0 Å². The lowest BCUT2D eigenvalue weighted by Gasteiger charge is -2.10. The molecule has 1 aliphatic carbocycles. The van der Waals surface area contributed by atoms with Crippen molar-refractivity contribution in [3.8, 4) is 0 Å². The molecule has 0 atom stereocenters. The Bertz CT molecular complexity index is 432. The second-order valence-corrected chi connectivity index (χ2v) is 4.46. The van der Waals surface area contributed by atoms with Crippen LogP contribution in [0.4, 0.5) is 0 Å². The zero-order chi connectivity index (χ0) is 10.8. The van der Waals surface area contributed by atoms with Gasteiger partial charge in [-0.25, -0.2) is 0 Å². The average Bonchev–Trinajstić information content (AvgIpc) is 2.42. The van der Waals surface area contributed by atoms with Crippen molar-refractivity contribution in [2.24, 2.45) is 5.73 Å². The van der Waals surface area contributed by atoms with Crippen LogP contribution in [-0.4, -0.2) is 4.99 Å². The number of nitrogens with two attached hydrogens (primary N) is 1. The molecule has 1 nitrogen and oxygen atoms in total. The molecule has 0 saturated carbocycles. The highest BCUT2D eigenvalue weighted by atomic mass is 32.1. The number of aryl methyl sites for hydroxylation is 1. The van der Waals surface area contributed by atoms with E-state index in [0.29, 0.717) is 4.99 Å². The van der Waals surface area contributed by atoms with Gasteiger partial charge in [-0.2, -0.15) is 0 Å². The Kier molecular flexibility index (Phi) is 2.87. The lowest BCUT2D eigenvalue weighted by Crippen LogP contribution is -2.10. The first kappa shape index (κ1) is 10.4. The minimum absolute atomic E-state index is 0.485. The van der Waals surface area contributed by atoms with Crippen LogP contribution < -0.4 is 5.73 Å². The zero-order valence-electron chi connectivity index (χ0n) is 8.92. The summed E-state index contributed by atoms with van der Waals surface area (Å²) in [4.78, 5) is 0.485. The summed E-state index contributed by atoms with van der Waals surface area (Å²) in [6.45, 7) is 2.14. The number of thiocarbonyl (C=S) groups is 1. The second-order valence-electron chi connectivity index (χ2n) is 4.02. The Hall–Kier alpha value is -1.15. The van der Waals surface area contributed by atoms with Crippen LogP contribution in [-0.2, 0) is 6.42 Å². The molecule has 2 heteroatoms. The molecule has 0 saturated heterocycles. The van der Waals surface area contributed by atoms with Crippen molar-refractivity contribution < 1.29 is 0 Å². The van der Waals surface area contributed by atoms with Gasteiger partial charge in [-0.15, -0.1) is 0 Å². The zero-order valence-corrected chi connectivity index (χ0v) is 9.73. The molecule has 1 aromatic carbocycles. The van der Waals surface area contributed by atoms with E-state index < -0.39 is 0 Å². The van der Waals surface area contributed by atoms with Crippen molar-refractivity contribution >= 4 is 23.3 Å². The van der Waals surface area contributed by atoms with Gasteiger partial charge in [-0.3, -0.25) is 0 Å². The van der Waals surface area contributed by atoms with Gasteiger partial charge >= 0.3 is 0 Å². The summed E-state index contributed by atoms with van der Waals surface area (Å²) in [7, 11) is 0. The Balaban J connectivity index is 2.56. The molecular formula is C13H15NS. The molecule has 0 fully saturated rings. The van der Waals surface area contributed by atoms with Gasteiger partial charge in [0, 0.05) is 5.56 Å². The molecule has 0 spiro atoms. The third-order valence-electron chi connectivity index (χ3n) is 2.89. The van der Waals surface area contributed by atoms with Crippen LogP contribution in [0.1, 0.15) is 35.1 Å². The second kappa shape index (κ2) is 4.15. The van der Waals surface area contributed by atoms with Crippen molar-refractivity contribution in [2.45, 2.75) is 26.2 Å². The molecule has 0 amide bonds. The predicted molar refractivity (Wildman–Crippen MR) is 69.0 cm³/mol. The van der Waals surface area contributed by atoms with Crippen molar-refractivity contribution in [2.75, 3.05) is 0 Å². The molecule has 78 valence electrons. The topological polar surface area (TPSA) is 26.0 Å². The maximum absolute atomic E-state index is 5.66. The monoisotopic (exact) mass is 217 g/mol. The molecule has 2 N–H and O–H groups in total. The molecule has 0 aromatic heterocycles. The Labute approximate surface area is 96.0 Å². The van der Waals surface area contributed by atoms with Crippen LogP contribution in [0, 0.1) is 6.92 Å². The summed E-state index contributed by atoms with van der Waals surface area (Å²) in [6, 6.07) is 4.20. The molecule has 0 bridgehead atoms. The van der Waals surface area contributed by atoms with Gasteiger partial charge < -0.3 is 5.73 Å². The highest BCUT2D eigenvalue weighted by Crippen LogP contribution is 2.23. The number of fused-ring (bicyclic) bond motifs is 1.